The van der Waals surface area contributed by atoms with Crippen LogP contribution in [0.25, 0.3) is 0 Å². The second-order valence-corrected chi connectivity index (χ2v) is 3.34. The number of nitrogens with one attached hydrogen (secondary N) is 1. The van der Waals surface area contributed by atoms with Crippen LogP contribution in [0.3, 0.4) is 0 Å². The van der Waals surface area contributed by atoms with Crippen LogP contribution in [0.1, 0.15) is 16.8 Å². The largest absolute Gasteiger partial charge is 0.492 e. The van der Waals surface area contributed by atoms with E-state index in [2.05, 4.69) is 10.3 Å². The van der Waals surface area contributed by atoms with Gasteiger partial charge in [-0.2, -0.15) is 0 Å². The van der Waals surface area contributed by atoms with E-state index in [-0.39, 0.29) is 29.4 Å². The van der Waals surface area contributed by atoms with Gasteiger partial charge in [-0.1, -0.05) is 11.6 Å². The third-order valence-corrected chi connectivity index (χ3v) is 1.99. The van der Waals surface area contributed by atoms with E-state index in [4.69, 9.17) is 21.8 Å². The number of aliphatic carboxylic acids is 1. The topological polar surface area (TPSA) is 99.5 Å². The predicted octanol–water partition coefficient (Wildman–Crippen LogP) is 0.645. The molecule has 1 amide bonds. The molecule has 6 nitrogen and oxygen atoms in total. The molecule has 0 bridgehead atoms. The summed E-state index contributed by atoms with van der Waals surface area (Å²) in [5.74, 6) is -1.85. The first-order chi connectivity index (χ1) is 7.50. The summed E-state index contributed by atoms with van der Waals surface area (Å²) in [6.07, 6.45) is 0.988. The van der Waals surface area contributed by atoms with Gasteiger partial charge in [0.25, 0.3) is 5.91 Å². The second-order valence-electron chi connectivity index (χ2n) is 2.93. The number of rotatable bonds is 4. The minimum absolute atomic E-state index is 0.0205. The van der Waals surface area contributed by atoms with Crippen LogP contribution in [-0.2, 0) is 4.79 Å². The third-order valence-electron chi connectivity index (χ3n) is 1.71. The highest BCUT2D eigenvalue weighted by Gasteiger charge is 2.09. The molecule has 0 fully saturated rings. The van der Waals surface area contributed by atoms with Crippen LogP contribution < -0.4 is 5.32 Å². The van der Waals surface area contributed by atoms with Crippen LogP contribution >= 0.6 is 11.6 Å². The molecule has 0 aliphatic carbocycles. The molecular formula is C9H9ClN2O4. The lowest BCUT2D eigenvalue weighted by atomic mass is 10.2. The smallest absolute Gasteiger partial charge is 0.305 e. The maximum atomic E-state index is 11.4. The van der Waals surface area contributed by atoms with Gasteiger partial charge in [0.1, 0.15) is 5.02 Å². The number of carboxylic acid groups (broad SMARTS) is 1. The number of nitrogens with zero attached hydrogens (tertiary/aromatic N) is 1. The lowest BCUT2D eigenvalue weighted by Crippen LogP contribution is -2.26. The molecule has 1 aromatic rings. The van der Waals surface area contributed by atoms with Crippen molar-refractivity contribution in [2.75, 3.05) is 6.54 Å². The summed E-state index contributed by atoms with van der Waals surface area (Å²) in [6, 6.07) is 1.25. The van der Waals surface area contributed by atoms with Crippen molar-refractivity contribution in [3.05, 3.63) is 22.8 Å². The van der Waals surface area contributed by atoms with Crippen molar-refractivity contribution in [2.24, 2.45) is 0 Å². The molecule has 16 heavy (non-hydrogen) atoms. The van der Waals surface area contributed by atoms with Crippen LogP contribution in [0.4, 0.5) is 0 Å². The first-order valence-electron chi connectivity index (χ1n) is 4.35. The number of hydrogen-bond acceptors (Lipinski definition) is 4. The lowest BCUT2D eigenvalue weighted by Gasteiger charge is -2.03. The van der Waals surface area contributed by atoms with Gasteiger partial charge in [-0.3, -0.25) is 9.59 Å². The molecular weight excluding hydrogens is 236 g/mol. The Morgan fingerprint density at radius 2 is 2.19 bits per heavy atom. The first-order valence-corrected chi connectivity index (χ1v) is 4.73. The molecule has 0 aliphatic heterocycles. The molecule has 0 atom stereocenters. The minimum Gasteiger partial charge on any atom is -0.492 e. The number of carbonyl (C=O) groups is 2. The highest BCUT2D eigenvalue weighted by molar-refractivity contribution is 6.32. The fraction of sp³-hybridized carbons (Fsp3) is 0.222. The number of pyridine rings is 1. The van der Waals surface area contributed by atoms with Crippen molar-refractivity contribution in [2.45, 2.75) is 6.42 Å². The van der Waals surface area contributed by atoms with Crippen molar-refractivity contribution < 1.29 is 19.8 Å². The molecule has 1 aromatic heterocycles. The van der Waals surface area contributed by atoms with Crippen molar-refractivity contribution in [1.29, 1.82) is 0 Å². The first kappa shape index (κ1) is 12.3. The number of carboxylic acids is 1. The van der Waals surface area contributed by atoms with Gasteiger partial charge in [-0.05, 0) is 6.07 Å². The van der Waals surface area contributed by atoms with Gasteiger partial charge >= 0.3 is 5.97 Å². The Morgan fingerprint density at radius 1 is 1.50 bits per heavy atom. The predicted molar refractivity (Wildman–Crippen MR) is 55.5 cm³/mol. The zero-order valence-electron chi connectivity index (χ0n) is 8.11. The van der Waals surface area contributed by atoms with Crippen LogP contribution in [-0.4, -0.2) is 33.6 Å². The van der Waals surface area contributed by atoms with Crippen LogP contribution in [0.15, 0.2) is 12.3 Å². The van der Waals surface area contributed by atoms with Gasteiger partial charge in [0.05, 0.1) is 12.0 Å². The van der Waals surface area contributed by atoms with Crippen molar-refractivity contribution in [3.8, 4) is 5.88 Å². The Kier molecular flexibility index (Phi) is 4.07. The van der Waals surface area contributed by atoms with E-state index in [0.717, 1.165) is 6.20 Å². The number of aromatic nitrogens is 1. The summed E-state index contributed by atoms with van der Waals surface area (Å²) >= 11 is 5.56. The van der Waals surface area contributed by atoms with Gasteiger partial charge in [0.15, 0.2) is 0 Å². The van der Waals surface area contributed by atoms with Crippen molar-refractivity contribution in [1.82, 2.24) is 10.3 Å². The molecule has 1 rings (SSSR count). The van der Waals surface area contributed by atoms with Crippen LogP contribution in [0, 0.1) is 0 Å². The third kappa shape index (κ3) is 3.39. The Morgan fingerprint density at radius 3 is 2.75 bits per heavy atom. The molecule has 86 valence electrons. The second kappa shape index (κ2) is 5.32. The SMILES string of the molecule is O=C(O)CCNC(=O)c1cnc(O)c(Cl)c1. The highest BCUT2D eigenvalue weighted by Crippen LogP contribution is 2.20. The molecule has 0 spiro atoms. The van der Waals surface area contributed by atoms with Gasteiger partial charge in [0, 0.05) is 12.7 Å². The normalized spacial score (nSPS) is 9.81. The molecule has 0 saturated heterocycles. The number of halogens is 1. The Bertz CT molecular complexity index is 422. The Hall–Kier alpha value is -1.82. The van der Waals surface area contributed by atoms with Crippen LogP contribution in [0.5, 0.6) is 5.88 Å². The maximum absolute atomic E-state index is 11.4. The number of hydrogen-bond donors (Lipinski definition) is 3. The van der Waals surface area contributed by atoms with Crippen molar-refractivity contribution in [3.63, 3.8) is 0 Å². The molecule has 0 saturated carbocycles. The van der Waals surface area contributed by atoms with E-state index in [0.29, 0.717) is 0 Å². The zero-order valence-corrected chi connectivity index (χ0v) is 8.86. The quantitative estimate of drug-likeness (QED) is 0.722. The Labute approximate surface area is 95.9 Å². The molecule has 1 heterocycles. The van der Waals surface area contributed by atoms with E-state index in [1.54, 1.807) is 0 Å². The summed E-state index contributed by atoms with van der Waals surface area (Å²) in [6.45, 7) is 0.0205. The average molecular weight is 245 g/mol. The molecule has 0 unspecified atom stereocenters. The molecule has 0 aromatic carbocycles. The van der Waals surface area contributed by atoms with E-state index < -0.39 is 11.9 Å². The highest BCUT2D eigenvalue weighted by atomic mass is 35.5. The molecule has 7 heteroatoms. The van der Waals surface area contributed by atoms with E-state index >= 15 is 0 Å². The lowest BCUT2D eigenvalue weighted by molar-refractivity contribution is -0.136. The maximum Gasteiger partial charge on any atom is 0.305 e. The number of amides is 1. The van der Waals surface area contributed by atoms with E-state index in [1.807, 2.05) is 0 Å². The van der Waals surface area contributed by atoms with Gasteiger partial charge in [-0.25, -0.2) is 4.98 Å². The monoisotopic (exact) mass is 244 g/mol. The number of carbonyl (C=O) groups excluding carboxylic acids is 1. The molecule has 0 aliphatic rings. The summed E-state index contributed by atoms with van der Waals surface area (Å²) < 4.78 is 0. The van der Waals surface area contributed by atoms with Gasteiger partial charge in [-0.15, -0.1) is 0 Å². The molecule has 3 N–H and O–H groups in total. The average Bonchev–Trinajstić information content (AvgIpc) is 2.21. The van der Waals surface area contributed by atoms with E-state index in [1.165, 1.54) is 6.07 Å². The Balaban J connectivity index is 2.59. The fourth-order valence-corrected chi connectivity index (χ4v) is 1.11. The summed E-state index contributed by atoms with van der Waals surface area (Å²) in [7, 11) is 0. The van der Waals surface area contributed by atoms with E-state index in [9.17, 15) is 9.59 Å². The summed E-state index contributed by atoms with van der Waals surface area (Å²) in [4.78, 5) is 25.1. The summed E-state index contributed by atoms with van der Waals surface area (Å²) in [5.41, 5.74) is 0.160. The standard InChI is InChI=1S/C9H9ClN2O4/c10-6-3-5(4-12-9(6)16)8(15)11-2-1-7(13)14/h3-4H,1-2H2,(H,11,15)(H,12,16)(H,13,14). The summed E-state index contributed by atoms with van der Waals surface area (Å²) in [5, 5.41) is 19.7. The fourth-order valence-electron chi connectivity index (χ4n) is 0.940. The van der Waals surface area contributed by atoms with Crippen LogP contribution in [0.2, 0.25) is 5.02 Å². The van der Waals surface area contributed by atoms with Gasteiger partial charge < -0.3 is 15.5 Å². The van der Waals surface area contributed by atoms with Crippen molar-refractivity contribution >= 4 is 23.5 Å². The number of aromatic hydroxyl groups is 1. The molecule has 0 radical (unpaired) electrons. The zero-order chi connectivity index (χ0) is 12.1. The minimum atomic E-state index is -0.998. The van der Waals surface area contributed by atoms with Gasteiger partial charge in [0.2, 0.25) is 5.88 Å².